The molecule has 0 saturated carbocycles. The number of nitrogens with zero attached hydrogens (tertiary/aromatic N) is 2. The van der Waals surface area contributed by atoms with E-state index in [1.54, 1.807) is 48.5 Å². The largest absolute Gasteiger partial charge is 0.457 e. The van der Waals surface area contributed by atoms with Crippen LogP contribution in [0.2, 0.25) is 0 Å². The summed E-state index contributed by atoms with van der Waals surface area (Å²) in [4.78, 5) is 26.7. The van der Waals surface area contributed by atoms with E-state index in [9.17, 15) is 14.9 Å². The number of nitro groups is 1. The summed E-state index contributed by atoms with van der Waals surface area (Å²) in [6.45, 7) is 0. The van der Waals surface area contributed by atoms with Gasteiger partial charge in [0.15, 0.2) is 0 Å². The van der Waals surface area contributed by atoms with E-state index in [4.69, 9.17) is 20.4 Å². The van der Waals surface area contributed by atoms with Gasteiger partial charge >= 0.3 is 5.63 Å². The summed E-state index contributed by atoms with van der Waals surface area (Å²) in [5.74, 6) is 0.787. The lowest BCUT2D eigenvalue weighted by Gasteiger charge is -2.00. The second-order valence-electron chi connectivity index (χ2n) is 5.83. The quantitative estimate of drug-likeness (QED) is 0.353. The molecular formula is C20H11ClN2O5. The van der Waals surface area contributed by atoms with Crippen molar-refractivity contribution in [2.24, 2.45) is 0 Å². The van der Waals surface area contributed by atoms with Crippen molar-refractivity contribution >= 4 is 39.3 Å². The fourth-order valence-electron chi connectivity index (χ4n) is 2.67. The van der Waals surface area contributed by atoms with Crippen LogP contribution in [-0.4, -0.2) is 9.91 Å². The Labute approximate surface area is 162 Å². The third-order valence-electron chi connectivity index (χ3n) is 3.98. The number of halogens is 1. The molecule has 28 heavy (non-hydrogen) atoms. The number of para-hydroxylation sites is 1. The zero-order valence-electron chi connectivity index (χ0n) is 14.2. The lowest BCUT2D eigenvalue weighted by Crippen LogP contribution is -2.03. The molecule has 2 aromatic heterocycles. The van der Waals surface area contributed by atoms with Gasteiger partial charge in [0.2, 0.25) is 5.89 Å². The summed E-state index contributed by atoms with van der Waals surface area (Å²) in [6, 6.07) is 16.2. The van der Waals surface area contributed by atoms with Crippen molar-refractivity contribution in [1.82, 2.24) is 4.98 Å². The van der Waals surface area contributed by atoms with Gasteiger partial charge in [-0.3, -0.25) is 10.1 Å². The molecule has 0 unspecified atom stereocenters. The van der Waals surface area contributed by atoms with Gasteiger partial charge in [0.05, 0.1) is 15.8 Å². The standard InChI is InChI=1S/C20H11ClN2O5/c21-16(19-22-17-7-2-1-6-15(17)20(24)28-19)11-14-8-9-18(27-14)12-4-3-5-13(10-12)23(25)26/h1-11H/b16-11-. The monoisotopic (exact) mass is 394 g/mol. The highest BCUT2D eigenvalue weighted by atomic mass is 35.5. The van der Waals surface area contributed by atoms with E-state index in [0.717, 1.165) is 0 Å². The predicted octanol–water partition coefficient (Wildman–Crippen LogP) is 5.09. The van der Waals surface area contributed by atoms with E-state index in [-0.39, 0.29) is 16.6 Å². The van der Waals surface area contributed by atoms with Gasteiger partial charge in [0.1, 0.15) is 16.6 Å². The number of benzene rings is 2. The van der Waals surface area contributed by atoms with Gasteiger partial charge in [0.25, 0.3) is 5.69 Å². The van der Waals surface area contributed by atoms with Gasteiger partial charge in [-0.1, -0.05) is 35.9 Å². The molecule has 0 fully saturated rings. The first-order chi connectivity index (χ1) is 13.5. The minimum absolute atomic E-state index is 0.0290. The number of fused-ring (bicyclic) bond motifs is 1. The highest BCUT2D eigenvalue weighted by Crippen LogP contribution is 2.28. The van der Waals surface area contributed by atoms with Crippen LogP contribution in [0.15, 0.2) is 74.3 Å². The molecule has 0 amide bonds. The first-order valence-corrected chi connectivity index (χ1v) is 8.51. The van der Waals surface area contributed by atoms with Gasteiger partial charge in [-0.2, -0.15) is 0 Å². The summed E-state index contributed by atoms with van der Waals surface area (Å²) in [6.07, 6.45) is 1.46. The summed E-state index contributed by atoms with van der Waals surface area (Å²) in [5.41, 5.74) is 0.451. The topological polar surface area (TPSA) is 99.4 Å². The molecule has 138 valence electrons. The van der Waals surface area contributed by atoms with Crippen LogP contribution in [-0.2, 0) is 0 Å². The van der Waals surface area contributed by atoms with E-state index < -0.39 is 10.5 Å². The number of hydrogen-bond donors (Lipinski definition) is 0. The molecule has 4 rings (SSSR count). The fourth-order valence-corrected chi connectivity index (χ4v) is 2.85. The Morgan fingerprint density at radius 1 is 1.07 bits per heavy atom. The van der Waals surface area contributed by atoms with Gasteiger partial charge in [-0.25, -0.2) is 9.78 Å². The first-order valence-electron chi connectivity index (χ1n) is 8.13. The SMILES string of the molecule is O=c1oc(/C(Cl)=C/c2ccc(-c3cccc([N+](=O)[O-])c3)o2)nc2ccccc12. The van der Waals surface area contributed by atoms with Crippen molar-refractivity contribution in [3.8, 4) is 11.3 Å². The minimum Gasteiger partial charge on any atom is -0.457 e. The molecule has 4 aromatic rings. The Balaban J connectivity index is 1.68. The summed E-state index contributed by atoms with van der Waals surface area (Å²) in [5, 5.41) is 11.4. The average molecular weight is 395 g/mol. The molecule has 0 atom stereocenters. The Bertz CT molecular complexity index is 1290. The van der Waals surface area contributed by atoms with Crippen LogP contribution in [0.25, 0.3) is 33.3 Å². The Morgan fingerprint density at radius 2 is 1.89 bits per heavy atom. The normalized spacial score (nSPS) is 11.7. The van der Waals surface area contributed by atoms with Gasteiger partial charge in [-0.05, 0) is 24.3 Å². The zero-order valence-corrected chi connectivity index (χ0v) is 14.9. The summed E-state index contributed by atoms with van der Waals surface area (Å²) in [7, 11) is 0. The van der Waals surface area contributed by atoms with Gasteiger partial charge in [0, 0.05) is 23.8 Å². The average Bonchev–Trinajstić information content (AvgIpc) is 3.16. The Morgan fingerprint density at radius 3 is 2.71 bits per heavy atom. The van der Waals surface area contributed by atoms with Crippen molar-refractivity contribution in [3.05, 3.63) is 92.8 Å². The molecule has 0 aliphatic rings. The van der Waals surface area contributed by atoms with E-state index in [2.05, 4.69) is 4.98 Å². The number of rotatable bonds is 4. The molecule has 2 heterocycles. The molecule has 0 aliphatic heterocycles. The number of aromatic nitrogens is 1. The maximum Gasteiger partial charge on any atom is 0.347 e. The predicted molar refractivity (Wildman–Crippen MR) is 105 cm³/mol. The molecule has 2 aromatic carbocycles. The zero-order chi connectivity index (χ0) is 19.7. The molecular weight excluding hydrogens is 384 g/mol. The maximum absolute atomic E-state index is 12.1. The first kappa shape index (κ1) is 17.7. The highest BCUT2D eigenvalue weighted by molar-refractivity contribution is 6.50. The second kappa shape index (κ2) is 7.13. The van der Waals surface area contributed by atoms with Gasteiger partial charge in [-0.15, -0.1) is 0 Å². The number of hydrogen-bond acceptors (Lipinski definition) is 6. The van der Waals surface area contributed by atoms with E-state index >= 15 is 0 Å². The lowest BCUT2D eigenvalue weighted by molar-refractivity contribution is -0.384. The Kier molecular flexibility index (Phi) is 4.50. The van der Waals surface area contributed by atoms with E-state index in [0.29, 0.717) is 28.0 Å². The molecule has 0 saturated heterocycles. The number of non-ortho nitro benzene ring substituents is 1. The van der Waals surface area contributed by atoms with E-state index in [1.807, 2.05) is 0 Å². The molecule has 8 heteroatoms. The van der Waals surface area contributed by atoms with Crippen LogP contribution in [0.4, 0.5) is 5.69 Å². The molecule has 0 aliphatic carbocycles. The van der Waals surface area contributed by atoms with Crippen LogP contribution >= 0.6 is 11.6 Å². The lowest BCUT2D eigenvalue weighted by atomic mass is 10.1. The smallest absolute Gasteiger partial charge is 0.347 e. The van der Waals surface area contributed by atoms with E-state index in [1.165, 1.54) is 18.2 Å². The number of nitro benzene ring substituents is 1. The number of furan rings is 1. The summed E-state index contributed by atoms with van der Waals surface area (Å²) >= 11 is 6.25. The summed E-state index contributed by atoms with van der Waals surface area (Å²) < 4.78 is 10.9. The molecule has 7 nitrogen and oxygen atoms in total. The van der Waals surface area contributed by atoms with Crippen LogP contribution in [0.5, 0.6) is 0 Å². The van der Waals surface area contributed by atoms with Crippen molar-refractivity contribution in [1.29, 1.82) is 0 Å². The van der Waals surface area contributed by atoms with Crippen molar-refractivity contribution in [3.63, 3.8) is 0 Å². The minimum atomic E-state index is -0.538. The molecule has 0 N–H and O–H groups in total. The highest BCUT2D eigenvalue weighted by Gasteiger charge is 2.12. The van der Waals surface area contributed by atoms with Crippen molar-refractivity contribution in [2.45, 2.75) is 0 Å². The third kappa shape index (κ3) is 3.43. The maximum atomic E-state index is 12.1. The van der Waals surface area contributed by atoms with Gasteiger partial charge < -0.3 is 8.83 Å². The molecule has 0 bridgehead atoms. The van der Waals surface area contributed by atoms with Crippen LogP contribution in [0.3, 0.4) is 0 Å². The Hall–Kier alpha value is -3.71. The van der Waals surface area contributed by atoms with Crippen LogP contribution in [0.1, 0.15) is 11.7 Å². The van der Waals surface area contributed by atoms with Crippen LogP contribution < -0.4 is 5.63 Å². The second-order valence-corrected chi connectivity index (χ2v) is 6.23. The third-order valence-corrected chi connectivity index (χ3v) is 4.25. The van der Waals surface area contributed by atoms with Crippen LogP contribution in [0, 0.1) is 10.1 Å². The van der Waals surface area contributed by atoms with Crippen molar-refractivity contribution < 1.29 is 13.8 Å². The molecule has 0 spiro atoms. The molecule has 0 radical (unpaired) electrons. The van der Waals surface area contributed by atoms with Crippen molar-refractivity contribution in [2.75, 3.05) is 0 Å². The fraction of sp³-hybridized carbons (Fsp3) is 0.